The summed E-state index contributed by atoms with van der Waals surface area (Å²) in [5, 5.41) is 0. The number of rotatable bonds is 5. The molecule has 230 valence electrons. The van der Waals surface area contributed by atoms with Gasteiger partial charge in [-0.3, -0.25) is 0 Å². The van der Waals surface area contributed by atoms with Crippen molar-refractivity contribution >= 4 is 11.4 Å². The monoisotopic (exact) mass is 716 g/mol. The van der Waals surface area contributed by atoms with Crippen molar-refractivity contribution in [2.24, 2.45) is 0 Å². The van der Waals surface area contributed by atoms with Crippen molar-refractivity contribution in [3.05, 3.63) is 132 Å². The van der Waals surface area contributed by atoms with Gasteiger partial charge in [0.25, 0.3) is 0 Å². The second-order valence-corrected chi connectivity index (χ2v) is 12.5. The van der Waals surface area contributed by atoms with Crippen LogP contribution in [0.3, 0.4) is 0 Å². The number of anilines is 2. The predicted octanol–water partition coefficient (Wildman–Crippen LogP) is 9.22. The summed E-state index contributed by atoms with van der Waals surface area (Å²) in [6.07, 6.45) is 0. The molecule has 0 fully saturated rings. The van der Waals surface area contributed by atoms with Gasteiger partial charge >= 0.3 is 37.7 Å². The van der Waals surface area contributed by atoms with Crippen LogP contribution in [0.1, 0.15) is 68.0 Å². The number of nitrogens with zero attached hydrogens (tertiary/aromatic N) is 2. The number of hydrogen-bond acceptors (Lipinski definition) is 3. The van der Waals surface area contributed by atoms with Crippen LogP contribution in [0.25, 0.3) is 0 Å². The van der Waals surface area contributed by atoms with Crippen molar-refractivity contribution in [3.8, 4) is 5.75 Å². The Balaban J connectivity index is 0.000000351. The molecule has 0 saturated carbocycles. The van der Waals surface area contributed by atoms with Gasteiger partial charge in [0.15, 0.2) is 0 Å². The van der Waals surface area contributed by atoms with Crippen LogP contribution in [0.2, 0.25) is 0 Å². The molecule has 4 aromatic rings. The minimum atomic E-state index is -0.0686. The second-order valence-electron chi connectivity index (χ2n) is 12.5. The molecule has 4 rings (SSSR count). The summed E-state index contributed by atoms with van der Waals surface area (Å²) < 4.78 is 5.84. The van der Waals surface area contributed by atoms with Crippen molar-refractivity contribution in [3.63, 3.8) is 0 Å². The Labute approximate surface area is 287 Å². The summed E-state index contributed by atoms with van der Waals surface area (Å²) >= 11 is 0. The maximum atomic E-state index is 5.84. The Bertz CT molecular complexity index is 1310. The van der Waals surface area contributed by atoms with Crippen LogP contribution >= 0.6 is 0 Å². The first-order valence-electron chi connectivity index (χ1n) is 14.2. The molecule has 0 aliphatic carbocycles. The molecule has 0 spiro atoms. The molecule has 4 aromatic carbocycles. The van der Waals surface area contributed by atoms with E-state index in [9.17, 15) is 0 Å². The van der Waals surface area contributed by atoms with Gasteiger partial charge in [-0.25, -0.2) is 12.1 Å². The van der Waals surface area contributed by atoms with Crippen LogP contribution in [0, 0.1) is 58.5 Å². The van der Waals surface area contributed by atoms with Crippen molar-refractivity contribution in [1.29, 1.82) is 0 Å². The molecule has 0 radical (unpaired) electrons. The quantitative estimate of drug-likeness (QED) is 0.151. The minimum absolute atomic E-state index is 0. The molecule has 3 nitrogen and oxygen atoms in total. The fraction of sp³-hybridized carbons (Fsp3) is 0.342. The topological polar surface area (TPSA) is 15.7 Å². The van der Waals surface area contributed by atoms with E-state index in [1.165, 1.54) is 33.6 Å². The predicted molar refractivity (Wildman–Crippen MR) is 181 cm³/mol. The van der Waals surface area contributed by atoms with Gasteiger partial charge in [0.1, 0.15) is 5.75 Å². The number of para-hydroxylation sites is 2. The van der Waals surface area contributed by atoms with Gasteiger partial charge in [0.05, 0.1) is 7.11 Å². The van der Waals surface area contributed by atoms with Crippen LogP contribution in [0.4, 0.5) is 11.4 Å². The molecule has 0 saturated heterocycles. The van der Waals surface area contributed by atoms with Crippen molar-refractivity contribution in [1.82, 2.24) is 0 Å². The zero-order chi connectivity index (χ0) is 31.0. The molecule has 0 atom stereocenters. The van der Waals surface area contributed by atoms with Gasteiger partial charge < -0.3 is 14.5 Å². The van der Waals surface area contributed by atoms with E-state index in [2.05, 4.69) is 114 Å². The number of ether oxygens (including phenoxy) is 1. The molecule has 0 aliphatic heterocycles. The van der Waals surface area contributed by atoms with Crippen LogP contribution in [-0.2, 0) is 10.8 Å². The Morgan fingerprint density at radius 1 is 0.667 bits per heavy atom. The van der Waals surface area contributed by atoms with E-state index in [0.717, 1.165) is 16.9 Å². The maximum absolute atomic E-state index is 5.84. The number of benzene rings is 3. The fourth-order valence-electron chi connectivity index (χ4n) is 4.85. The average Bonchev–Trinajstić information content (AvgIpc) is 3.45. The molecular formula is C38H51HoN2O. The molecule has 0 amide bonds. The van der Waals surface area contributed by atoms with Crippen molar-refractivity contribution in [2.45, 2.75) is 52.4 Å². The number of hydrogen-bond donors (Lipinski definition) is 0. The van der Waals surface area contributed by atoms with Crippen LogP contribution in [0.15, 0.2) is 84.9 Å². The van der Waals surface area contributed by atoms with E-state index < -0.39 is 0 Å². The molecule has 42 heavy (non-hydrogen) atoms. The molecule has 0 bridgehead atoms. The molecule has 0 aromatic heterocycles. The zero-order valence-electron chi connectivity index (χ0n) is 27.6. The Morgan fingerprint density at radius 3 is 1.40 bits per heavy atom. The van der Waals surface area contributed by atoms with E-state index in [1.807, 2.05) is 64.6 Å². The van der Waals surface area contributed by atoms with Crippen LogP contribution in [-0.4, -0.2) is 35.3 Å². The van der Waals surface area contributed by atoms with Gasteiger partial charge in [0.2, 0.25) is 0 Å². The first-order chi connectivity index (χ1) is 19.1. The first kappa shape index (κ1) is 37.4. The molecule has 4 heteroatoms. The summed E-state index contributed by atoms with van der Waals surface area (Å²) in [6.45, 7) is 21.2. The summed E-state index contributed by atoms with van der Waals surface area (Å²) in [5.74, 6) is 1.03. The molecule has 0 heterocycles. The normalized spacial score (nSPS) is 10.7. The third-order valence-electron chi connectivity index (χ3n) is 7.25. The van der Waals surface area contributed by atoms with Gasteiger partial charge in [-0.2, -0.15) is 49.2 Å². The first-order valence-corrected chi connectivity index (χ1v) is 14.2. The summed E-state index contributed by atoms with van der Waals surface area (Å²) in [6, 6.07) is 29.3. The zero-order valence-corrected chi connectivity index (χ0v) is 29.5. The van der Waals surface area contributed by atoms with Crippen LogP contribution in [0.5, 0.6) is 5.75 Å². The third-order valence-corrected chi connectivity index (χ3v) is 7.25. The second kappa shape index (κ2) is 16.3. The van der Waals surface area contributed by atoms with Crippen LogP contribution < -0.4 is 14.5 Å². The Morgan fingerprint density at radius 2 is 1.07 bits per heavy atom. The van der Waals surface area contributed by atoms with E-state index >= 15 is 0 Å². The molecular weight excluding hydrogens is 665 g/mol. The Hall–Kier alpha value is -2.59. The summed E-state index contributed by atoms with van der Waals surface area (Å²) in [4.78, 5) is 4.12. The van der Waals surface area contributed by atoms with Gasteiger partial charge in [-0.1, -0.05) is 88.0 Å². The largest absolute Gasteiger partial charge is 3.00 e. The number of methoxy groups -OCH3 is 1. The van der Waals surface area contributed by atoms with Gasteiger partial charge in [-0.15, -0.1) is 17.7 Å². The van der Waals surface area contributed by atoms with Gasteiger partial charge in [0, 0.05) is 0 Å². The smallest absolute Gasteiger partial charge is 0.496 e. The van der Waals surface area contributed by atoms with E-state index in [0.29, 0.717) is 0 Å². The Kier molecular flexibility index (Phi) is 14.5. The molecule has 0 aliphatic rings. The third kappa shape index (κ3) is 10.0. The fourth-order valence-corrected chi connectivity index (χ4v) is 4.85. The minimum Gasteiger partial charge on any atom is -0.496 e. The van der Waals surface area contributed by atoms with E-state index in [1.54, 1.807) is 7.11 Å². The SMILES string of the molecule is COc1c(C(C)(C)C)cc(C)cc1C(C)(C)[c-]1cccc1.[CH2-]c1ccccc1N(C)C.[CH2-]c1ccccc1N(C)C.[Ho+3]. The summed E-state index contributed by atoms with van der Waals surface area (Å²) in [5.41, 5.74) is 9.67. The molecule has 0 N–H and O–H groups in total. The van der Waals surface area contributed by atoms with E-state index in [-0.39, 0.29) is 48.6 Å². The van der Waals surface area contributed by atoms with Gasteiger partial charge in [-0.05, 0) is 57.1 Å². The summed E-state index contributed by atoms with van der Waals surface area (Å²) in [7, 11) is 9.85. The van der Waals surface area contributed by atoms with E-state index in [4.69, 9.17) is 4.74 Å². The standard InChI is InChI=1S/C20H27O.2C9H12N.Ho/c1-14-12-16(19(2,3)4)18(21-7)17(13-14)20(5,6)15-10-8-9-11-15;2*1-8-6-4-5-7-9(8)10(2)3;/h8-13H,1-7H3;2*4-7H,1H2,2-3H3;/q3*-1;+3. The average molecular weight is 717 g/mol. The van der Waals surface area contributed by atoms with Crippen molar-refractivity contribution in [2.75, 3.05) is 45.1 Å². The molecule has 0 unspecified atom stereocenters. The number of aryl methyl sites for hydroxylation is 1. The van der Waals surface area contributed by atoms with Crippen molar-refractivity contribution < 1.29 is 42.5 Å². The maximum Gasteiger partial charge on any atom is 3.00 e.